The molecule has 0 saturated heterocycles. The van der Waals surface area contributed by atoms with Gasteiger partial charge >= 0.3 is 0 Å². The highest BCUT2D eigenvalue weighted by Gasteiger charge is 2.22. The molecule has 0 N–H and O–H groups in total. The number of carbonyl (C=O) groups is 1. The van der Waals surface area contributed by atoms with E-state index in [0.717, 1.165) is 16.1 Å². The number of carbonyl (C=O) groups excluding carboxylic acids is 1. The highest BCUT2D eigenvalue weighted by atomic mass is 32.2. The van der Waals surface area contributed by atoms with Crippen LogP contribution in [0.3, 0.4) is 0 Å². The van der Waals surface area contributed by atoms with Gasteiger partial charge in [0.05, 0.1) is 18.5 Å². The monoisotopic (exact) mass is 500 g/mol. The van der Waals surface area contributed by atoms with Gasteiger partial charge in [0.2, 0.25) is 21.7 Å². The number of ether oxygens (including phenoxy) is 1. The lowest BCUT2D eigenvalue weighted by Gasteiger charge is -2.21. The van der Waals surface area contributed by atoms with Crippen molar-refractivity contribution in [3.05, 3.63) is 60.0 Å². The van der Waals surface area contributed by atoms with Crippen molar-refractivity contribution in [3.63, 3.8) is 0 Å². The molecule has 0 saturated carbocycles. The lowest BCUT2D eigenvalue weighted by Crippen LogP contribution is -2.37. The summed E-state index contributed by atoms with van der Waals surface area (Å²) in [6.45, 7) is 8.24. The average Bonchev–Trinajstić information content (AvgIpc) is 3.26. The lowest BCUT2D eigenvalue weighted by atomic mass is 9.87. The molecule has 3 rings (SSSR count). The molecule has 10 heteroatoms. The first kappa shape index (κ1) is 26.2. The number of sulfonamides is 1. The minimum atomic E-state index is -3.36. The molecule has 188 valence electrons. The second-order valence-corrected chi connectivity index (χ2v) is 11.5. The molecule has 0 radical (unpaired) electrons. The number of nitrogens with zero attached hydrogens (tertiary/aromatic N) is 4. The lowest BCUT2D eigenvalue weighted by molar-refractivity contribution is -0.137. The number of hydrogen-bond acceptors (Lipinski definition) is 7. The SMILES string of the molecule is CC(Oc1ccc(N(C)S(C)(=O)=O)cc1)C(=O)N(C)Cc1nc(-c2ccc(C(C)(C)C)cc2)no1. The number of rotatable bonds is 8. The molecule has 1 heterocycles. The molecular formula is C25H32N4O5S. The van der Waals surface area contributed by atoms with Crippen molar-refractivity contribution in [2.24, 2.45) is 0 Å². The Morgan fingerprint density at radius 1 is 1.06 bits per heavy atom. The van der Waals surface area contributed by atoms with Crippen molar-refractivity contribution in [3.8, 4) is 17.1 Å². The summed E-state index contributed by atoms with van der Waals surface area (Å²) < 4.78 is 35.6. The number of aromatic nitrogens is 2. The van der Waals surface area contributed by atoms with Gasteiger partial charge in [0.25, 0.3) is 5.91 Å². The third-order valence-corrected chi connectivity index (χ3v) is 6.79. The van der Waals surface area contributed by atoms with E-state index in [0.29, 0.717) is 23.2 Å². The Morgan fingerprint density at radius 2 is 1.66 bits per heavy atom. The van der Waals surface area contributed by atoms with E-state index < -0.39 is 16.1 Å². The van der Waals surface area contributed by atoms with Crippen LogP contribution in [0.1, 0.15) is 39.1 Å². The zero-order valence-corrected chi connectivity index (χ0v) is 22.0. The molecule has 0 aliphatic rings. The average molecular weight is 501 g/mol. The van der Waals surface area contributed by atoms with Gasteiger partial charge in [-0.2, -0.15) is 4.98 Å². The molecule has 9 nitrogen and oxygen atoms in total. The summed E-state index contributed by atoms with van der Waals surface area (Å²) >= 11 is 0. The second kappa shape index (κ2) is 10.1. The van der Waals surface area contributed by atoms with E-state index in [-0.39, 0.29) is 17.9 Å². The Balaban J connectivity index is 1.60. The number of anilines is 1. The van der Waals surface area contributed by atoms with Gasteiger partial charge in [-0.3, -0.25) is 9.10 Å². The third-order valence-electron chi connectivity index (χ3n) is 5.58. The van der Waals surface area contributed by atoms with Crippen molar-refractivity contribution >= 4 is 21.6 Å². The molecule has 3 aromatic rings. The van der Waals surface area contributed by atoms with Crippen LogP contribution in [-0.2, 0) is 26.8 Å². The highest BCUT2D eigenvalue weighted by Crippen LogP contribution is 2.25. The van der Waals surface area contributed by atoms with Gasteiger partial charge < -0.3 is 14.2 Å². The van der Waals surface area contributed by atoms with Crippen LogP contribution in [0.5, 0.6) is 5.75 Å². The summed E-state index contributed by atoms with van der Waals surface area (Å²) in [7, 11) is -0.257. The number of hydrogen-bond donors (Lipinski definition) is 0. The fourth-order valence-electron chi connectivity index (χ4n) is 3.33. The van der Waals surface area contributed by atoms with Gasteiger partial charge in [0.15, 0.2) is 6.10 Å². The van der Waals surface area contributed by atoms with Crippen molar-refractivity contribution in [2.45, 2.75) is 45.8 Å². The van der Waals surface area contributed by atoms with Crippen LogP contribution in [0.4, 0.5) is 5.69 Å². The van der Waals surface area contributed by atoms with E-state index in [1.165, 1.54) is 17.5 Å². The molecule has 1 unspecified atom stereocenters. The van der Waals surface area contributed by atoms with Crippen LogP contribution in [0, 0.1) is 0 Å². The quantitative estimate of drug-likeness (QED) is 0.462. The molecule has 0 spiro atoms. The molecule has 2 aromatic carbocycles. The molecule has 1 atom stereocenters. The van der Waals surface area contributed by atoms with Crippen molar-refractivity contribution in [1.82, 2.24) is 15.0 Å². The molecule has 1 aromatic heterocycles. The van der Waals surface area contributed by atoms with Crippen LogP contribution < -0.4 is 9.04 Å². The highest BCUT2D eigenvalue weighted by molar-refractivity contribution is 7.92. The fraction of sp³-hybridized carbons (Fsp3) is 0.400. The summed E-state index contributed by atoms with van der Waals surface area (Å²) in [5, 5.41) is 4.04. The maximum absolute atomic E-state index is 12.8. The fourth-order valence-corrected chi connectivity index (χ4v) is 3.83. The van der Waals surface area contributed by atoms with Crippen LogP contribution in [-0.4, -0.2) is 55.8 Å². The van der Waals surface area contributed by atoms with E-state index in [2.05, 4.69) is 30.9 Å². The topological polar surface area (TPSA) is 106 Å². The summed E-state index contributed by atoms with van der Waals surface area (Å²) in [4.78, 5) is 18.7. The summed E-state index contributed by atoms with van der Waals surface area (Å²) in [6, 6.07) is 14.5. The zero-order valence-electron chi connectivity index (χ0n) is 21.1. The normalized spacial score (nSPS) is 12.8. The van der Waals surface area contributed by atoms with Crippen LogP contribution in [0.25, 0.3) is 11.4 Å². The van der Waals surface area contributed by atoms with Crippen LogP contribution in [0.2, 0.25) is 0 Å². The molecule has 0 bridgehead atoms. The van der Waals surface area contributed by atoms with Gasteiger partial charge in [0, 0.05) is 19.7 Å². The molecular weight excluding hydrogens is 468 g/mol. The van der Waals surface area contributed by atoms with Gasteiger partial charge in [-0.05, 0) is 42.2 Å². The molecule has 0 fully saturated rings. The first-order valence-corrected chi connectivity index (χ1v) is 13.0. The third kappa shape index (κ3) is 6.60. The molecule has 0 aliphatic carbocycles. The van der Waals surface area contributed by atoms with Crippen LogP contribution >= 0.6 is 0 Å². The summed E-state index contributed by atoms with van der Waals surface area (Å²) in [6.07, 6.45) is 0.356. The first-order chi connectivity index (χ1) is 16.3. The Bertz CT molecular complexity index is 1260. The second-order valence-electron chi connectivity index (χ2n) is 9.52. The molecule has 35 heavy (non-hydrogen) atoms. The van der Waals surface area contributed by atoms with Crippen LogP contribution in [0.15, 0.2) is 53.1 Å². The first-order valence-electron chi connectivity index (χ1n) is 11.1. The Hall–Kier alpha value is -3.40. The largest absolute Gasteiger partial charge is 0.481 e. The molecule has 1 amide bonds. The number of likely N-dealkylation sites (N-methyl/N-ethyl adjacent to an activating group) is 1. The van der Waals surface area contributed by atoms with Crippen molar-refractivity contribution in [1.29, 1.82) is 0 Å². The number of benzene rings is 2. The minimum Gasteiger partial charge on any atom is -0.481 e. The maximum Gasteiger partial charge on any atom is 0.263 e. The number of amides is 1. The Kier molecular flexibility index (Phi) is 7.54. The van der Waals surface area contributed by atoms with Gasteiger partial charge in [-0.25, -0.2) is 8.42 Å². The summed E-state index contributed by atoms with van der Waals surface area (Å²) in [5.41, 5.74) is 2.60. The van der Waals surface area contributed by atoms with Gasteiger partial charge in [0.1, 0.15) is 5.75 Å². The molecule has 0 aliphatic heterocycles. The standard InChI is InChI=1S/C25H32N4O5S/c1-17(33-21-14-12-20(13-15-21)29(6)35(7,31)32)24(30)28(5)16-22-26-23(27-34-22)18-8-10-19(11-9-18)25(2,3)4/h8-15,17H,16H2,1-7H3. The summed E-state index contributed by atoms with van der Waals surface area (Å²) in [5.74, 6) is 0.959. The Labute approximate surface area is 206 Å². The predicted molar refractivity (Wildman–Crippen MR) is 135 cm³/mol. The predicted octanol–water partition coefficient (Wildman–Crippen LogP) is 3.86. The van der Waals surface area contributed by atoms with Crippen molar-refractivity contribution in [2.75, 3.05) is 24.7 Å². The van der Waals surface area contributed by atoms with E-state index >= 15 is 0 Å². The van der Waals surface area contributed by atoms with Gasteiger partial charge in [-0.15, -0.1) is 0 Å². The minimum absolute atomic E-state index is 0.0529. The smallest absolute Gasteiger partial charge is 0.263 e. The Morgan fingerprint density at radius 3 is 2.20 bits per heavy atom. The van der Waals surface area contributed by atoms with E-state index in [1.54, 1.807) is 38.2 Å². The van der Waals surface area contributed by atoms with E-state index in [9.17, 15) is 13.2 Å². The van der Waals surface area contributed by atoms with E-state index in [4.69, 9.17) is 9.26 Å². The zero-order chi connectivity index (χ0) is 26.0. The van der Waals surface area contributed by atoms with Gasteiger partial charge in [-0.1, -0.05) is 50.2 Å². The van der Waals surface area contributed by atoms with E-state index in [1.807, 2.05) is 24.3 Å². The maximum atomic E-state index is 12.8. The van der Waals surface area contributed by atoms with Crippen molar-refractivity contribution < 1.29 is 22.5 Å².